The second-order valence-corrected chi connectivity index (χ2v) is 5.34. The summed E-state index contributed by atoms with van der Waals surface area (Å²) in [6.45, 7) is 4.27. The van der Waals surface area contributed by atoms with Crippen LogP contribution in [0.25, 0.3) is 5.65 Å². The van der Waals surface area contributed by atoms with E-state index in [1.54, 1.807) is 6.20 Å². The van der Waals surface area contributed by atoms with Crippen LogP contribution in [0.15, 0.2) is 55.0 Å². The highest BCUT2D eigenvalue weighted by Gasteiger charge is 2.07. The minimum absolute atomic E-state index is 0.107. The molecule has 0 unspecified atom stereocenters. The molecule has 0 saturated heterocycles. The molecule has 0 bridgehead atoms. The number of carbonyl (C=O) groups is 1. The molecule has 3 aromatic rings. The Morgan fingerprint density at radius 2 is 1.90 bits per heavy atom. The van der Waals surface area contributed by atoms with Crippen molar-refractivity contribution >= 4 is 17.2 Å². The molecule has 0 aliphatic carbocycles. The van der Waals surface area contributed by atoms with E-state index in [1.807, 2.05) is 53.2 Å². The Hall–Kier alpha value is -2.62. The Morgan fingerprint density at radius 3 is 2.62 bits per heavy atom. The Kier molecular flexibility index (Phi) is 3.44. The zero-order chi connectivity index (χ0) is 14.8. The van der Waals surface area contributed by atoms with Crippen LogP contribution in [0.1, 0.15) is 35.7 Å². The van der Waals surface area contributed by atoms with E-state index in [1.165, 1.54) is 5.56 Å². The molecule has 1 N–H and O–H groups in total. The van der Waals surface area contributed by atoms with Gasteiger partial charge in [-0.3, -0.25) is 4.79 Å². The number of pyridine rings is 1. The predicted octanol–water partition coefficient (Wildman–Crippen LogP) is 3.71. The van der Waals surface area contributed by atoms with Crippen LogP contribution in [-0.4, -0.2) is 15.3 Å². The van der Waals surface area contributed by atoms with Crippen molar-refractivity contribution in [1.82, 2.24) is 9.38 Å². The van der Waals surface area contributed by atoms with Gasteiger partial charge in [0.1, 0.15) is 5.65 Å². The highest BCUT2D eigenvalue weighted by molar-refractivity contribution is 6.04. The lowest BCUT2D eigenvalue weighted by Crippen LogP contribution is -2.12. The molecule has 2 aromatic heterocycles. The Labute approximate surface area is 123 Å². The molecule has 0 atom stereocenters. The number of hydrogen-bond acceptors (Lipinski definition) is 2. The molecule has 0 saturated carbocycles. The number of hydrogen-bond donors (Lipinski definition) is 1. The number of fused-ring (bicyclic) bond motifs is 1. The standard InChI is InChI=1S/C17H17N3O/c1-12(2)13-3-5-14(6-4-13)17(21)19-15-7-8-16-18-9-10-20(16)11-15/h3-12H,1-2H3,(H,19,21). The van der Waals surface area contributed by atoms with Crippen LogP contribution < -0.4 is 5.32 Å². The van der Waals surface area contributed by atoms with Crippen LogP contribution in [0.5, 0.6) is 0 Å². The zero-order valence-corrected chi connectivity index (χ0v) is 12.1. The van der Waals surface area contributed by atoms with Crippen molar-refractivity contribution in [1.29, 1.82) is 0 Å². The van der Waals surface area contributed by atoms with Crippen molar-refractivity contribution in [2.75, 3.05) is 5.32 Å². The van der Waals surface area contributed by atoms with Crippen LogP contribution in [-0.2, 0) is 0 Å². The van der Waals surface area contributed by atoms with E-state index in [2.05, 4.69) is 24.1 Å². The zero-order valence-electron chi connectivity index (χ0n) is 12.1. The Morgan fingerprint density at radius 1 is 1.14 bits per heavy atom. The lowest BCUT2D eigenvalue weighted by molar-refractivity contribution is 0.102. The third-order valence-electron chi connectivity index (χ3n) is 3.49. The maximum Gasteiger partial charge on any atom is 0.255 e. The van der Waals surface area contributed by atoms with Gasteiger partial charge in [-0.25, -0.2) is 4.98 Å². The summed E-state index contributed by atoms with van der Waals surface area (Å²) >= 11 is 0. The summed E-state index contributed by atoms with van der Waals surface area (Å²) in [5.41, 5.74) is 3.49. The molecule has 3 rings (SSSR count). The SMILES string of the molecule is CC(C)c1ccc(C(=O)Nc2ccc3nccn3c2)cc1. The molecule has 1 aromatic carbocycles. The summed E-state index contributed by atoms with van der Waals surface area (Å²) in [5, 5.41) is 2.90. The van der Waals surface area contributed by atoms with Gasteiger partial charge in [0.15, 0.2) is 0 Å². The highest BCUT2D eigenvalue weighted by atomic mass is 16.1. The monoisotopic (exact) mass is 279 g/mol. The first kappa shape index (κ1) is 13.4. The number of aromatic nitrogens is 2. The van der Waals surface area contributed by atoms with Gasteiger partial charge in [0.05, 0.1) is 5.69 Å². The summed E-state index contributed by atoms with van der Waals surface area (Å²) in [6.07, 6.45) is 5.43. The van der Waals surface area contributed by atoms with Crippen LogP contribution in [0.2, 0.25) is 0 Å². The average molecular weight is 279 g/mol. The van der Waals surface area contributed by atoms with Gasteiger partial charge >= 0.3 is 0 Å². The fraction of sp³-hybridized carbons (Fsp3) is 0.176. The highest BCUT2D eigenvalue weighted by Crippen LogP contribution is 2.16. The van der Waals surface area contributed by atoms with E-state index in [0.29, 0.717) is 11.5 Å². The van der Waals surface area contributed by atoms with E-state index in [9.17, 15) is 4.79 Å². The molecule has 0 aliphatic heterocycles. The molecule has 0 aliphatic rings. The number of amides is 1. The lowest BCUT2D eigenvalue weighted by Gasteiger charge is -2.08. The number of nitrogens with zero attached hydrogens (tertiary/aromatic N) is 2. The number of rotatable bonds is 3. The largest absolute Gasteiger partial charge is 0.321 e. The summed E-state index contributed by atoms with van der Waals surface area (Å²) in [5.74, 6) is 0.357. The Bertz CT molecular complexity index is 772. The van der Waals surface area contributed by atoms with E-state index in [0.717, 1.165) is 11.3 Å². The minimum atomic E-state index is -0.107. The van der Waals surface area contributed by atoms with Crippen molar-refractivity contribution < 1.29 is 4.79 Å². The van der Waals surface area contributed by atoms with Gasteiger partial charge in [0, 0.05) is 24.2 Å². The van der Waals surface area contributed by atoms with Gasteiger partial charge < -0.3 is 9.72 Å². The quantitative estimate of drug-likeness (QED) is 0.794. The molecule has 2 heterocycles. The van der Waals surface area contributed by atoms with Gasteiger partial charge in [-0.15, -0.1) is 0 Å². The normalized spacial score (nSPS) is 11.0. The third kappa shape index (κ3) is 2.79. The van der Waals surface area contributed by atoms with Crippen molar-refractivity contribution in [3.63, 3.8) is 0 Å². The first-order valence-electron chi connectivity index (χ1n) is 6.97. The second-order valence-electron chi connectivity index (χ2n) is 5.34. The number of benzene rings is 1. The maximum absolute atomic E-state index is 12.2. The predicted molar refractivity (Wildman–Crippen MR) is 83.7 cm³/mol. The van der Waals surface area contributed by atoms with Crippen molar-refractivity contribution in [3.05, 3.63) is 66.1 Å². The van der Waals surface area contributed by atoms with Crippen molar-refractivity contribution in [2.45, 2.75) is 19.8 Å². The van der Waals surface area contributed by atoms with Crippen LogP contribution >= 0.6 is 0 Å². The number of anilines is 1. The molecule has 0 spiro atoms. The number of imidazole rings is 1. The first-order chi connectivity index (χ1) is 10.1. The summed E-state index contributed by atoms with van der Waals surface area (Å²) < 4.78 is 1.87. The number of nitrogens with one attached hydrogen (secondary N) is 1. The van der Waals surface area contributed by atoms with Crippen molar-refractivity contribution in [3.8, 4) is 0 Å². The van der Waals surface area contributed by atoms with Gasteiger partial charge in [-0.2, -0.15) is 0 Å². The molecule has 21 heavy (non-hydrogen) atoms. The van der Waals surface area contributed by atoms with E-state index < -0.39 is 0 Å². The molecule has 4 nitrogen and oxygen atoms in total. The van der Waals surface area contributed by atoms with Crippen LogP contribution in [0.4, 0.5) is 5.69 Å². The van der Waals surface area contributed by atoms with Gasteiger partial charge in [-0.1, -0.05) is 26.0 Å². The van der Waals surface area contributed by atoms with Gasteiger partial charge in [0.25, 0.3) is 5.91 Å². The third-order valence-corrected chi connectivity index (χ3v) is 3.49. The fourth-order valence-electron chi connectivity index (χ4n) is 2.22. The molecule has 4 heteroatoms. The van der Waals surface area contributed by atoms with E-state index in [4.69, 9.17) is 0 Å². The van der Waals surface area contributed by atoms with Crippen LogP contribution in [0.3, 0.4) is 0 Å². The molecular weight excluding hydrogens is 262 g/mol. The smallest absolute Gasteiger partial charge is 0.255 e. The molecule has 1 amide bonds. The summed E-state index contributed by atoms with van der Waals surface area (Å²) in [6, 6.07) is 11.4. The fourth-order valence-corrected chi connectivity index (χ4v) is 2.22. The maximum atomic E-state index is 12.2. The first-order valence-corrected chi connectivity index (χ1v) is 6.97. The molecule has 0 radical (unpaired) electrons. The average Bonchev–Trinajstić information content (AvgIpc) is 2.95. The molecule has 0 fully saturated rings. The van der Waals surface area contributed by atoms with E-state index in [-0.39, 0.29) is 5.91 Å². The topological polar surface area (TPSA) is 46.4 Å². The minimum Gasteiger partial charge on any atom is -0.321 e. The number of carbonyl (C=O) groups excluding carboxylic acids is 1. The molecule has 106 valence electrons. The van der Waals surface area contributed by atoms with E-state index >= 15 is 0 Å². The summed E-state index contributed by atoms with van der Waals surface area (Å²) in [7, 11) is 0. The molecular formula is C17H17N3O. The lowest BCUT2D eigenvalue weighted by atomic mass is 10.0. The Balaban J connectivity index is 1.78. The second kappa shape index (κ2) is 5.40. The summed E-state index contributed by atoms with van der Waals surface area (Å²) in [4.78, 5) is 16.4. The van der Waals surface area contributed by atoms with Gasteiger partial charge in [0.2, 0.25) is 0 Å². The van der Waals surface area contributed by atoms with Crippen molar-refractivity contribution in [2.24, 2.45) is 0 Å². The van der Waals surface area contributed by atoms with Gasteiger partial charge in [-0.05, 0) is 35.7 Å². The van der Waals surface area contributed by atoms with Crippen LogP contribution in [0, 0.1) is 0 Å².